The fourth-order valence-corrected chi connectivity index (χ4v) is 2.32. The van der Waals surface area contributed by atoms with E-state index >= 15 is 0 Å². The van der Waals surface area contributed by atoms with Gasteiger partial charge in [-0.15, -0.1) is 0 Å². The Morgan fingerprint density at radius 3 is 2.48 bits per heavy atom. The molecule has 0 spiro atoms. The van der Waals surface area contributed by atoms with Crippen molar-refractivity contribution < 1.29 is 4.79 Å². The molecule has 2 aromatic rings. The van der Waals surface area contributed by atoms with Crippen LogP contribution in [0.25, 0.3) is 0 Å². The van der Waals surface area contributed by atoms with E-state index in [-0.39, 0.29) is 17.9 Å². The normalized spacial score (nSPS) is 12.1. The van der Waals surface area contributed by atoms with Crippen LogP contribution in [0.5, 0.6) is 0 Å². The smallest absolute Gasteiger partial charge is 0.226 e. The van der Waals surface area contributed by atoms with Crippen molar-refractivity contribution >= 4 is 17.3 Å². The van der Waals surface area contributed by atoms with Gasteiger partial charge in [-0.3, -0.25) is 4.79 Å². The summed E-state index contributed by atoms with van der Waals surface area (Å²) in [6, 6.07) is 7.79. The molecule has 1 aromatic heterocycles. The van der Waals surface area contributed by atoms with Crippen molar-refractivity contribution in [3.05, 3.63) is 47.5 Å². The molecule has 122 valence electrons. The van der Waals surface area contributed by atoms with E-state index in [9.17, 15) is 4.79 Å². The van der Waals surface area contributed by atoms with Gasteiger partial charge in [-0.05, 0) is 39.0 Å². The first-order chi connectivity index (χ1) is 10.9. The monoisotopic (exact) mass is 312 g/mol. The minimum atomic E-state index is -0.0436. The van der Waals surface area contributed by atoms with E-state index in [1.54, 1.807) is 0 Å². The molecular formula is C18H24N4O. The van der Waals surface area contributed by atoms with E-state index in [4.69, 9.17) is 0 Å². The highest BCUT2D eigenvalue weighted by Crippen LogP contribution is 2.23. The number of aryl methyl sites for hydroxylation is 2. The number of rotatable bonds is 5. The first-order valence-electron chi connectivity index (χ1n) is 7.84. The molecule has 2 N–H and O–H groups in total. The van der Waals surface area contributed by atoms with Crippen molar-refractivity contribution in [2.24, 2.45) is 5.92 Å². The molecule has 5 heteroatoms. The molecule has 0 aliphatic carbocycles. The lowest BCUT2D eigenvalue weighted by Crippen LogP contribution is -2.17. The predicted molar refractivity (Wildman–Crippen MR) is 93.5 cm³/mol. The van der Waals surface area contributed by atoms with Crippen LogP contribution >= 0.6 is 0 Å². The molecule has 1 heterocycles. The third-order valence-electron chi connectivity index (χ3n) is 3.64. The second-order valence-corrected chi connectivity index (χ2v) is 6.05. The highest BCUT2D eigenvalue weighted by molar-refractivity contribution is 5.92. The molecule has 1 atom stereocenters. The summed E-state index contributed by atoms with van der Waals surface area (Å²) >= 11 is 0. The van der Waals surface area contributed by atoms with E-state index < -0.39 is 0 Å². The van der Waals surface area contributed by atoms with Crippen LogP contribution in [0.1, 0.15) is 43.9 Å². The molecule has 2 rings (SSSR count). The Bertz CT molecular complexity index is 697. The minimum Gasteiger partial charge on any atom is -0.378 e. The Morgan fingerprint density at radius 2 is 1.83 bits per heavy atom. The topological polar surface area (TPSA) is 66.9 Å². The summed E-state index contributed by atoms with van der Waals surface area (Å²) < 4.78 is 0. The SMILES string of the molecule is Cc1ncc([C@@H](C)Nc2cccc(NC(=O)C(C)C)c2)c(C)n1. The zero-order valence-electron chi connectivity index (χ0n) is 14.3. The average Bonchev–Trinajstić information content (AvgIpc) is 2.47. The molecule has 0 bridgehead atoms. The van der Waals surface area contributed by atoms with Crippen molar-refractivity contribution in [3.63, 3.8) is 0 Å². The molecule has 0 saturated carbocycles. The Hall–Kier alpha value is -2.43. The molecule has 0 radical (unpaired) electrons. The quantitative estimate of drug-likeness (QED) is 0.879. The van der Waals surface area contributed by atoms with Crippen LogP contribution in [0.4, 0.5) is 11.4 Å². The molecular weight excluding hydrogens is 288 g/mol. The first kappa shape index (κ1) is 16.9. The first-order valence-corrected chi connectivity index (χ1v) is 7.84. The summed E-state index contributed by atoms with van der Waals surface area (Å²) in [4.78, 5) is 20.5. The number of hydrogen-bond acceptors (Lipinski definition) is 4. The van der Waals surface area contributed by atoms with Gasteiger partial charge in [-0.25, -0.2) is 9.97 Å². The predicted octanol–water partition coefficient (Wildman–Crippen LogP) is 3.86. The van der Waals surface area contributed by atoms with Crippen LogP contribution in [0.3, 0.4) is 0 Å². The van der Waals surface area contributed by atoms with Gasteiger partial charge in [0.05, 0.1) is 6.04 Å². The maximum Gasteiger partial charge on any atom is 0.226 e. The molecule has 0 aliphatic rings. The maximum absolute atomic E-state index is 11.8. The second-order valence-electron chi connectivity index (χ2n) is 6.05. The van der Waals surface area contributed by atoms with Crippen molar-refractivity contribution in [2.45, 2.75) is 40.7 Å². The number of nitrogens with zero attached hydrogens (tertiary/aromatic N) is 2. The number of benzene rings is 1. The summed E-state index contributed by atoms with van der Waals surface area (Å²) in [5.41, 5.74) is 3.77. The number of carbonyl (C=O) groups is 1. The van der Waals surface area contributed by atoms with Crippen LogP contribution in [-0.4, -0.2) is 15.9 Å². The van der Waals surface area contributed by atoms with Crippen molar-refractivity contribution in [2.75, 3.05) is 10.6 Å². The number of nitrogens with one attached hydrogen (secondary N) is 2. The van der Waals surface area contributed by atoms with E-state index in [1.807, 2.05) is 58.2 Å². The van der Waals surface area contributed by atoms with Gasteiger partial charge >= 0.3 is 0 Å². The van der Waals surface area contributed by atoms with Crippen molar-refractivity contribution in [1.82, 2.24) is 9.97 Å². The van der Waals surface area contributed by atoms with Crippen molar-refractivity contribution in [1.29, 1.82) is 0 Å². The lowest BCUT2D eigenvalue weighted by atomic mass is 10.1. The standard InChI is InChI=1S/C18H24N4O/c1-11(2)18(23)22-16-8-6-7-15(9-16)21-13(4)17-10-19-14(5)20-12(17)3/h6-11,13,21H,1-5H3,(H,22,23)/t13-/m1/s1. The van der Waals surface area contributed by atoms with Crippen LogP contribution in [-0.2, 0) is 4.79 Å². The number of amides is 1. The van der Waals surface area contributed by atoms with E-state index in [2.05, 4.69) is 27.5 Å². The molecule has 23 heavy (non-hydrogen) atoms. The Labute approximate surface area is 137 Å². The summed E-state index contributed by atoms with van der Waals surface area (Å²) in [5, 5.41) is 6.34. The maximum atomic E-state index is 11.8. The number of hydrogen-bond donors (Lipinski definition) is 2. The largest absolute Gasteiger partial charge is 0.378 e. The van der Waals surface area contributed by atoms with Gasteiger partial charge in [0.1, 0.15) is 5.82 Å². The molecule has 5 nitrogen and oxygen atoms in total. The lowest BCUT2D eigenvalue weighted by Gasteiger charge is -2.18. The third kappa shape index (κ3) is 4.52. The average molecular weight is 312 g/mol. The van der Waals surface area contributed by atoms with E-state index in [0.717, 1.165) is 28.5 Å². The second kappa shape index (κ2) is 7.22. The van der Waals surface area contributed by atoms with Gasteiger partial charge in [-0.1, -0.05) is 19.9 Å². The van der Waals surface area contributed by atoms with Crippen LogP contribution in [0.2, 0.25) is 0 Å². The number of anilines is 2. The lowest BCUT2D eigenvalue weighted by molar-refractivity contribution is -0.118. The van der Waals surface area contributed by atoms with Crippen LogP contribution in [0, 0.1) is 19.8 Å². The van der Waals surface area contributed by atoms with E-state index in [0.29, 0.717) is 0 Å². The van der Waals surface area contributed by atoms with Gasteiger partial charge in [0.15, 0.2) is 0 Å². The Balaban J connectivity index is 2.12. The van der Waals surface area contributed by atoms with Gasteiger partial charge in [-0.2, -0.15) is 0 Å². The van der Waals surface area contributed by atoms with Gasteiger partial charge < -0.3 is 10.6 Å². The number of aromatic nitrogens is 2. The molecule has 1 amide bonds. The van der Waals surface area contributed by atoms with Crippen LogP contribution < -0.4 is 10.6 Å². The van der Waals surface area contributed by atoms with Gasteiger partial charge in [0.2, 0.25) is 5.91 Å². The van der Waals surface area contributed by atoms with Crippen molar-refractivity contribution in [3.8, 4) is 0 Å². The fraction of sp³-hybridized carbons (Fsp3) is 0.389. The molecule has 0 fully saturated rings. The van der Waals surface area contributed by atoms with Gasteiger partial charge in [0, 0.05) is 34.7 Å². The summed E-state index contributed by atoms with van der Waals surface area (Å²) in [7, 11) is 0. The van der Waals surface area contributed by atoms with Crippen LogP contribution in [0.15, 0.2) is 30.5 Å². The zero-order chi connectivity index (χ0) is 17.0. The summed E-state index contributed by atoms with van der Waals surface area (Å²) in [6.07, 6.45) is 1.86. The summed E-state index contributed by atoms with van der Waals surface area (Å²) in [6.45, 7) is 9.69. The van der Waals surface area contributed by atoms with E-state index in [1.165, 1.54) is 0 Å². The molecule has 0 unspecified atom stereocenters. The minimum absolute atomic E-state index is 0.0120. The third-order valence-corrected chi connectivity index (χ3v) is 3.64. The Morgan fingerprint density at radius 1 is 1.13 bits per heavy atom. The Kier molecular flexibility index (Phi) is 5.32. The molecule has 0 aliphatic heterocycles. The fourth-order valence-electron chi connectivity index (χ4n) is 2.32. The highest BCUT2D eigenvalue weighted by atomic mass is 16.1. The highest BCUT2D eigenvalue weighted by Gasteiger charge is 2.11. The molecule has 1 aromatic carbocycles. The number of carbonyl (C=O) groups excluding carboxylic acids is 1. The van der Waals surface area contributed by atoms with Gasteiger partial charge in [0.25, 0.3) is 0 Å². The molecule has 0 saturated heterocycles. The summed E-state index contributed by atoms with van der Waals surface area (Å²) in [5.74, 6) is 0.743. The zero-order valence-corrected chi connectivity index (χ0v) is 14.3.